The van der Waals surface area contributed by atoms with Crippen molar-refractivity contribution < 1.29 is 42.5 Å². The summed E-state index contributed by atoms with van der Waals surface area (Å²) >= 11 is 0. The van der Waals surface area contributed by atoms with Crippen LogP contribution in [-0.2, 0) is 16.5 Å². The first-order valence-electron chi connectivity index (χ1n) is 4.40. The predicted octanol–water partition coefficient (Wildman–Crippen LogP) is -2.05. The van der Waals surface area contributed by atoms with Crippen LogP contribution in [0, 0.1) is 0 Å². The van der Waals surface area contributed by atoms with Gasteiger partial charge in [-0.25, -0.2) is 8.42 Å². The number of nitrogens with one attached hydrogen (secondary N) is 1. The van der Waals surface area contributed by atoms with Crippen LogP contribution in [0.25, 0.3) is 0 Å². The second-order valence-corrected chi connectivity index (χ2v) is 4.68. The SMILES string of the molecule is O=S(=O)([O-])c1ccc2c(c1)NCCC2.[Na+]. The van der Waals surface area contributed by atoms with Gasteiger partial charge in [0, 0.05) is 12.2 Å². The molecule has 0 bridgehead atoms. The van der Waals surface area contributed by atoms with Crippen molar-refractivity contribution >= 4 is 15.8 Å². The van der Waals surface area contributed by atoms with Gasteiger partial charge in [0.15, 0.2) is 0 Å². The van der Waals surface area contributed by atoms with E-state index < -0.39 is 10.1 Å². The van der Waals surface area contributed by atoms with E-state index in [1.165, 1.54) is 12.1 Å². The molecule has 1 N–H and O–H groups in total. The first-order chi connectivity index (χ1) is 6.57. The Balaban J connectivity index is 0.00000112. The maximum Gasteiger partial charge on any atom is 1.00 e. The van der Waals surface area contributed by atoms with Gasteiger partial charge in [0.05, 0.1) is 4.90 Å². The minimum atomic E-state index is -4.33. The molecule has 0 atom stereocenters. The van der Waals surface area contributed by atoms with Crippen molar-refractivity contribution in [3.8, 4) is 0 Å². The van der Waals surface area contributed by atoms with Crippen LogP contribution in [0.1, 0.15) is 12.0 Å². The van der Waals surface area contributed by atoms with E-state index in [1.54, 1.807) is 6.07 Å². The van der Waals surface area contributed by atoms with Crippen LogP contribution in [0.5, 0.6) is 0 Å². The number of hydrogen-bond acceptors (Lipinski definition) is 4. The number of aryl methyl sites for hydroxylation is 1. The van der Waals surface area contributed by atoms with E-state index in [9.17, 15) is 13.0 Å². The van der Waals surface area contributed by atoms with Gasteiger partial charge in [-0.05, 0) is 30.5 Å². The molecule has 0 fully saturated rings. The summed E-state index contributed by atoms with van der Waals surface area (Å²) in [5.74, 6) is 0. The molecule has 0 amide bonds. The molecule has 1 aromatic carbocycles. The maximum absolute atomic E-state index is 10.7. The number of anilines is 1. The summed E-state index contributed by atoms with van der Waals surface area (Å²) in [4.78, 5) is -0.161. The molecule has 0 aliphatic carbocycles. The molecule has 15 heavy (non-hydrogen) atoms. The zero-order chi connectivity index (χ0) is 10.2. The largest absolute Gasteiger partial charge is 1.00 e. The van der Waals surface area contributed by atoms with Crippen molar-refractivity contribution in [1.29, 1.82) is 0 Å². The van der Waals surface area contributed by atoms with E-state index in [4.69, 9.17) is 0 Å². The van der Waals surface area contributed by atoms with E-state index in [2.05, 4.69) is 5.32 Å². The van der Waals surface area contributed by atoms with E-state index in [0.29, 0.717) is 0 Å². The Bertz CT molecular complexity index is 458. The molecule has 4 nitrogen and oxygen atoms in total. The van der Waals surface area contributed by atoms with Gasteiger partial charge in [-0.3, -0.25) is 0 Å². The fourth-order valence-corrected chi connectivity index (χ4v) is 2.09. The molecule has 1 aliphatic heterocycles. The van der Waals surface area contributed by atoms with Crippen LogP contribution in [0.4, 0.5) is 5.69 Å². The summed E-state index contributed by atoms with van der Waals surface area (Å²) in [6.45, 7) is 0.829. The standard InChI is InChI=1S/C9H11NO3S.Na/c11-14(12,13)8-4-3-7-2-1-5-10-9(7)6-8;/h3-4,6,10H,1-2,5H2,(H,11,12,13);/q;+1/p-1. The summed E-state index contributed by atoms with van der Waals surface area (Å²) in [5.41, 5.74) is 1.84. The smallest absolute Gasteiger partial charge is 0.744 e. The Morgan fingerprint density at radius 2 is 2.07 bits per heavy atom. The molecular weight excluding hydrogens is 225 g/mol. The predicted molar refractivity (Wildman–Crippen MR) is 51.2 cm³/mol. The number of fused-ring (bicyclic) bond motifs is 1. The molecule has 0 unspecified atom stereocenters. The molecule has 0 saturated heterocycles. The molecule has 76 valence electrons. The molecule has 1 aliphatic rings. The van der Waals surface area contributed by atoms with Gasteiger partial charge < -0.3 is 9.87 Å². The molecule has 6 heteroatoms. The quantitative estimate of drug-likeness (QED) is 0.449. The van der Waals surface area contributed by atoms with E-state index in [1.807, 2.05) is 0 Å². The van der Waals surface area contributed by atoms with Gasteiger partial charge in [-0.1, -0.05) is 6.07 Å². The topological polar surface area (TPSA) is 69.2 Å². The maximum atomic E-state index is 10.7. The average Bonchev–Trinajstić information content (AvgIpc) is 2.16. The first-order valence-corrected chi connectivity index (χ1v) is 5.81. The van der Waals surface area contributed by atoms with Gasteiger partial charge in [-0.2, -0.15) is 0 Å². The molecule has 1 heterocycles. The minimum absolute atomic E-state index is 0. The number of benzene rings is 1. The molecule has 0 aromatic heterocycles. The normalized spacial score (nSPS) is 14.7. The van der Waals surface area contributed by atoms with Gasteiger partial charge in [0.25, 0.3) is 0 Å². The summed E-state index contributed by atoms with van der Waals surface area (Å²) < 4.78 is 32.2. The summed E-state index contributed by atoms with van der Waals surface area (Å²) in [6.07, 6.45) is 1.97. The third-order valence-corrected chi connectivity index (χ3v) is 3.14. The Morgan fingerprint density at radius 1 is 1.33 bits per heavy atom. The molecule has 1 aromatic rings. The van der Waals surface area contributed by atoms with Gasteiger partial charge in [0.2, 0.25) is 0 Å². The monoisotopic (exact) mass is 235 g/mol. The van der Waals surface area contributed by atoms with Crippen LogP contribution in [0.2, 0.25) is 0 Å². The minimum Gasteiger partial charge on any atom is -0.744 e. The van der Waals surface area contributed by atoms with Crippen LogP contribution in [0.3, 0.4) is 0 Å². The van der Waals surface area contributed by atoms with Crippen LogP contribution < -0.4 is 34.9 Å². The molecule has 0 radical (unpaired) electrons. The summed E-state index contributed by atoms with van der Waals surface area (Å²) in [6, 6.07) is 4.48. The Labute approximate surface area is 111 Å². The first kappa shape index (κ1) is 13.0. The fraction of sp³-hybridized carbons (Fsp3) is 0.333. The molecular formula is C9H10NNaO3S. The Hall–Kier alpha value is -0.0700. The van der Waals surface area contributed by atoms with Crippen molar-refractivity contribution in [2.75, 3.05) is 11.9 Å². The Morgan fingerprint density at radius 3 is 2.73 bits per heavy atom. The third kappa shape index (κ3) is 2.95. The van der Waals surface area contributed by atoms with Gasteiger partial charge in [-0.15, -0.1) is 0 Å². The van der Waals surface area contributed by atoms with Crippen molar-refractivity contribution in [2.24, 2.45) is 0 Å². The van der Waals surface area contributed by atoms with Crippen LogP contribution in [0.15, 0.2) is 23.1 Å². The van der Waals surface area contributed by atoms with Crippen LogP contribution >= 0.6 is 0 Å². The van der Waals surface area contributed by atoms with Crippen molar-refractivity contribution in [3.63, 3.8) is 0 Å². The zero-order valence-corrected chi connectivity index (χ0v) is 11.3. The third-order valence-electron chi connectivity index (χ3n) is 2.31. The van der Waals surface area contributed by atoms with Crippen LogP contribution in [-0.4, -0.2) is 19.5 Å². The second kappa shape index (κ2) is 4.84. The molecule has 2 rings (SSSR count). The summed E-state index contributed by atoms with van der Waals surface area (Å²) in [5, 5.41) is 3.07. The molecule has 0 spiro atoms. The van der Waals surface area contributed by atoms with Gasteiger partial charge in [0.1, 0.15) is 10.1 Å². The molecule has 0 saturated carbocycles. The summed E-state index contributed by atoms with van der Waals surface area (Å²) in [7, 11) is -4.33. The van der Waals surface area contributed by atoms with E-state index >= 15 is 0 Å². The number of hydrogen-bond donors (Lipinski definition) is 1. The average molecular weight is 235 g/mol. The zero-order valence-electron chi connectivity index (χ0n) is 8.49. The fourth-order valence-electron chi connectivity index (χ4n) is 1.60. The second-order valence-electron chi connectivity index (χ2n) is 3.30. The van der Waals surface area contributed by atoms with Crippen molar-refractivity contribution in [3.05, 3.63) is 23.8 Å². The van der Waals surface area contributed by atoms with Crippen molar-refractivity contribution in [2.45, 2.75) is 17.7 Å². The van der Waals surface area contributed by atoms with Gasteiger partial charge >= 0.3 is 29.6 Å². The number of rotatable bonds is 1. The Kier molecular flexibility index (Phi) is 4.20. The van der Waals surface area contributed by atoms with E-state index in [-0.39, 0.29) is 34.5 Å². The van der Waals surface area contributed by atoms with E-state index in [0.717, 1.165) is 30.6 Å². The van der Waals surface area contributed by atoms with Crippen molar-refractivity contribution in [1.82, 2.24) is 0 Å².